The Kier molecular flexibility index (Phi) is 4.31. The summed E-state index contributed by atoms with van der Waals surface area (Å²) in [6.45, 7) is 2.84. The van der Waals surface area contributed by atoms with Gasteiger partial charge in [-0.3, -0.25) is 4.79 Å². The van der Waals surface area contributed by atoms with E-state index in [1.54, 1.807) is 23.5 Å². The number of esters is 1. The zero-order valence-corrected chi connectivity index (χ0v) is 14.1. The average Bonchev–Trinajstić information content (AvgIpc) is 3.21. The van der Waals surface area contributed by atoms with Gasteiger partial charge in [-0.15, -0.1) is 22.7 Å². The Hall–Kier alpha value is -1.66. The molecule has 0 aromatic carbocycles. The summed E-state index contributed by atoms with van der Waals surface area (Å²) in [6.07, 6.45) is 1.80. The van der Waals surface area contributed by atoms with Crippen molar-refractivity contribution in [1.82, 2.24) is 4.90 Å². The van der Waals surface area contributed by atoms with Crippen LogP contribution in [0.15, 0.2) is 23.6 Å². The van der Waals surface area contributed by atoms with Crippen LogP contribution in [-0.2, 0) is 11.2 Å². The zero-order chi connectivity index (χ0) is 15.7. The molecule has 0 aliphatic carbocycles. The minimum absolute atomic E-state index is 0.00357. The van der Waals surface area contributed by atoms with E-state index in [0.29, 0.717) is 9.75 Å². The lowest BCUT2D eigenvalue weighted by Gasteiger charge is -2.35. The summed E-state index contributed by atoms with van der Waals surface area (Å²) in [7, 11) is 1.35. The van der Waals surface area contributed by atoms with Gasteiger partial charge < -0.3 is 9.64 Å². The summed E-state index contributed by atoms with van der Waals surface area (Å²) in [5.74, 6) is -0.390. The van der Waals surface area contributed by atoms with Crippen LogP contribution in [-0.4, -0.2) is 30.4 Å². The molecule has 1 amide bonds. The fourth-order valence-corrected chi connectivity index (χ4v) is 4.69. The number of nitrogens with zero attached hydrogens (tertiary/aromatic N) is 1. The van der Waals surface area contributed by atoms with Crippen molar-refractivity contribution in [3.8, 4) is 0 Å². The number of methoxy groups -OCH3 is 1. The van der Waals surface area contributed by atoms with Gasteiger partial charge in [0, 0.05) is 11.4 Å². The Bertz CT molecular complexity index is 704. The molecule has 1 atom stereocenters. The lowest BCUT2D eigenvalue weighted by Crippen LogP contribution is -2.39. The van der Waals surface area contributed by atoms with Crippen LogP contribution >= 0.6 is 22.7 Å². The lowest BCUT2D eigenvalue weighted by molar-refractivity contribution is 0.0605. The second-order valence-electron chi connectivity index (χ2n) is 5.13. The van der Waals surface area contributed by atoms with Crippen LogP contribution in [0.25, 0.3) is 0 Å². The number of thiophene rings is 2. The van der Waals surface area contributed by atoms with E-state index in [1.165, 1.54) is 28.9 Å². The molecule has 0 radical (unpaired) electrons. The molecule has 6 heteroatoms. The summed E-state index contributed by atoms with van der Waals surface area (Å²) in [6, 6.07) is 5.63. The van der Waals surface area contributed by atoms with Gasteiger partial charge in [0.2, 0.25) is 0 Å². The number of hydrogen-bond acceptors (Lipinski definition) is 5. The lowest BCUT2D eigenvalue weighted by atomic mass is 9.97. The normalized spacial score (nSPS) is 17.2. The van der Waals surface area contributed by atoms with Crippen LogP contribution in [0, 0.1) is 0 Å². The standard InChI is InChI=1S/C16H17NO3S2/c1-3-11-10-7-9-21-12(10)6-8-17(11)15(18)13-4-5-14(22-13)16(19)20-2/h4-5,7,9,11H,3,6,8H2,1-2H3. The fourth-order valence-electron chi connectivity index (χ4n) is 2.88. The third-order valence-electron chi connectivity index (χ3n) is 3.95. The molecule has 2 aromatic rings. The molecule has 1 aliphatic heterocycles. The van der Waals surface area contributed by atoms with E-state index in [2.05, 4.69) is 18.4 Å². The molecule has 3 heterocycles. The zero-order valence-electron chi connectivity index (χ0n) is 12.5. The Morgan fingerprint density at radius 3 is 2.82 bits per heavy atom. The van der Waals surface area contributed by atoms with Gasteiger partial charge in [-0.25, -0.2) is 4.79 Å². The van der Waals surface area contributed by atoms with E-state index in [-0.39, 0.29) is 11.9 Å². The SMILES string of the molecule is CCC1c2ccsc2CCN1C(=O)c1ccc(C(=O)OC)s1. The van der Waals surface area contributed by atoms with Gasteiger partial charge in [-0.1, -0.05) is 6.92 Å². The molecule has 0 spiro atoms. The van der Waals surface area contributed by atoms with E-state index < -0.39 is 5.97 Å². The molecule has 3 rings (SSSR count). The predicted molar refractivity (Wildman–Crippen MR) is 87.8 cm³/mol. The number of fused-ring (bicyclic) bond motifs is 1. The van der Waals surface area contributed by atoms with E-state index in [9.17, 15) is 9.59 Å². The molecule has 0 bridgehead atoms. The highest BCUT2D eigenvalue weighted by Gasteiger charge is 2.31. The van der Waals surface area contributed by atoms with Crippen molar-refractivity contribution in [2.24, 2.45) is 0 Å². The van der Waals surface area contributed by atoms with E-state index >= 15 is 0 Å². The molecule has 1 aliphatic rings. The first-order chi connectivity index (χ1) is 10.7. The molecular weight excluding hydrogens is 318 g/mol. The second-order valence-corrected chi connectivity index (χ2v) is 7.21. The number of rotatable bonds is 3. The van der Waals surface area contributed by atoms with Crippen LogP contribution < -0.4 is 0 Å². The summed E-state index contributed by atoms with van der Waals surface area (Å²) < 4.78 is 4.70. The molecule has 2 aromatic heterocycles. The quantitative estimate of drug-likeness (QED) is 0.803. The highest BCUT2D eigenvalue weighted by molar-refractivity contribution is 7.15. The van der Waals surface area contributed by atoms with Gasteiger partial charge in [-0.2, -0.15) is 0 Å². The topological polar surface area (TPSA) is 46.6 Å². The molecule has 4 nitrogen and oxygen atoms in total. The summed E-state index contributed by atoms with van der Waals surface area (Å²) in [5, 5.41) is 2.10. The van der Waals surface area contributed by atoms with Crippen LogP contribution in [0.5, 0.6) is 0 Å². The van der Waals surface area contributed by atoms with E-state index in [1.807, 2.05) is 4.90 Å². The van der Waals surface area contributed by atoms with Crippen molar-refractivity contribution in [3.05, 3.63) is 43.8 Å². The first-order valence-electron chi connectivity index (χ1n) is 7.21. The molecule has 116 valence electrons. The fraction of sp³-hybridized carbons (Fsp3) is 0.375. The second kappa shape index (κ2) is 6.22. The van der Waals surface area contributed by atoms with Crippen molar-refractivity contribution in [2.45, 2.75) is 25.8 Å². The Morgan fingerprint density at radius 2 is 2.09 bits per heavy atom. The van der Waals surface area contributed by atoms with Crippen LogP contribution in [0.1, 0.15) is 49.2 Å². The molecular formula is C16H17NO3S2. The number of ether oxygens (including phenoxy) is 1. The van der Waals surface area contributed by atoms with E-state index in [4.69, 9.17) is 4.74 Å². The molecule has 22 heavy (non-hydrogen) atoms. The maximum Gasteiger partial charge on any atom is 0.348 e. The van der Waals surface area contributed by atoms with Crippen molar-refractivity contribution in [3.63, 3.8) is 0 Å². The van der Waals surface area contributed by atoms with Gasteiger partial charge in [-0.05, 0) is 42.0 Å². The minimum Gasteiger partial charge on any atom is -0.465 e. The van der Waals surface area contributed by atoms with Crippen LogP contribution in [0.2, 0.25) is 0 Å². The van der Waals surface area contributed by atoms with Crippen molar-refractivity contribution in [1.29, 1.82) is 0 Å². The smallest absolute Gasteiger partial charge is 0.348 e. The summed E-state index contributed by atoms with van der Waals surface area (Å²) in [5.41, 5.74) is 1.27. The van der Waals surface area contributed by atoms with Gasteiger partial charge in [0.05, 0.1) is 18.0 Å². The minimum atomic E-state index is -0.394. The first-order valence-corrected chi connectivity index (χ1v) is 8.90. The Balaban J connectivity index is 1.86. The van der Waals surface area contributed by atoms with Crippen LogP contribution in [0.4, 0.5) is 0 Å². The maximum absolute atomic E-state index is 12.8. The molecule has 0 saturated carbocycles. The Labute approximate surface area is 137 Å². The van der Waals surface area contributed by atoms with Crippen molar-refractivity contribution in [2.75, 3.05) is 13.7 Å². The molecule has 0 fully saturated rings. The number of carbonyl (C=O) groups is 2. The third-order valence-corrected chi connectivity index (χ3v) is 6.00. The Morgan fingerprint density at radius 1 is 1.32 bits per heavy atom. The van der Waals surface area contributed by atoms with Crippen molar-refractivity contribution < 1.29 is 14.3 Å². The monoisotopic (exact) mass is 335 g/mol. The third kappa shape index (κ3) is 2.57. The van der Waals surface area contributed by atoms with Gasteiger partial charge in [0.15, 0.2) is 0 Å². The van der Waals surface area contributed by atoms with Gasteiger partial charge in [0.1, 0.15) is 4.88 Å². The average molecular weight is 335 g/mol. The van der Waals surface area contributed by atoms with Crippen LogP contribution in [0.3, 0.4) is 0 Å². The highest BCUT2D eigenvalue weighted by atomic mass is 32.1. The largest absolute Gasteiger partial charge is 0.465 e. The molecule has 1 unspecified atom stereocenters. The number of amides is 1. The van der Waals surface area contributed by atoms with Gasteiger partial charge >= 0.3 is 5.97 Å². The first kappa shape index (κ1) is 15.2. The molecule has 0 saturated heterocycles. The number of hydrogen-bond donors (Lipinski definition) is 0. The van der Waals surface area contributed by atoms with Gasteiger partial charge in [0.25, 0.3) is 5.91 Å². The maximum atomic E-state index is 12.8. The number of carbonyl (C=O) groups excluding carboxylic acids is 2. The summed E-state index contributed by atoms with van der Waals surface area (Å²) >= 11 is 2.97. The predicted octanol–water partition coefficient (Wildman–Crippen LogP) is 3.75. The summed E-state index contributed by atoms with van der Waals surface area (Å²) in [4.78, 5) is 28.7. The molecule has 0 N–H and O–H groups in total. The van der Waals surface area contributed by atoms with E-state index in [0.717, 1.165) is 19.4 Å². The van der Waals surface area contributed by atoms with Crippen molar-refractivity contribution >= 4 is 34.6 Å². The highest BCUT2D eigenvalue weighted by Crippen LogP contribution is 2.36.